The number of likely N-dealkylation sites (tertiary alicyclic amines) is 1. The average molecular weight is 287 g/mol. The Bertz CT molecular complexity index is 473. The highest BCUT2D eigenvalue weighted by molar-refractivity contribution is 5.55. The predicted octanol–water partition coefficient (Wildman–Crippen LogP) is 2.89. The Labute approximate surface area is 129 Å². The van der Waals surface area contributed by atoms with E-state index in [9.17, 15) is 0 Å². The standard InChI is InChI=1S/C18H29N3/c1-14(19-2)16-8-4-5-9-18(16)21-12-10-17-15(13-21)7-6-11-20(17)3/h4-5,8-9,14-15,17,19H,6-7,10-13H2,1-3H3. The largest absolute Gasteiger partial charge is 0.371 e. The maximum absolute atomic E-state index is 3.39. The van der Waals surface area contributed by atoms with Gasteiger partial charge in [0.05, 0.1) is 0 Å². The lowest BCUT2D eigenvalue weighted by atomic mass is 9.83. The van der Waals surface area contributed by atoms with Gasteiger partial charge in [0.2, 0.25) is 0 Å². The van der Waals surface area contributed by atoms with Gasteiger partial charge in [0.15, 0.2) is 0 Å². The van der Waals surface area contributed by atoms with E-state index < -0.39 is 0 Å². The van der Waals surface area contributed by atoms with Gasteiger partial charge < -0.3 is 15.1 Å². The molecule has 2 fully saturated rings. The average Bonchev–Trinajstić information content (AvgIpc) is 2.54. The first-order valence-corrected chi connectivity index (χ1v) is 8.42. The minimum Gasteiger partial charge on any atom is -0.371 e. The summed E-state index contributed by atoms with van der Waals surface area (Å²) >= 11 is 0. The number of nitrogens with zero attached hydrogens (tertiary/aromatic N) is 2. The molecule has 1 aromatic carbocycles. The molecule has 116 valence electrons. The Morgan fingerprint density at radius 1 is 1.19 bits per heavy atom. The number of hydrogen-bond donors (Lipinski definition) is 1. The van der Waals surface area contributed by atoms with Crippen LogP contribution >= 0.6 is 0 Å². The number of para-hydroxylation sites is 1. The van der Waals surface area contributed by atoms with Crippen molar-refractivity contribution in [3.63, 3.8) is 0 Å². The van der Waals surface area contributed by atoms with E-state index >= 15 is 0 Å². The zero-order valence-electron chi connectivity index (χ0n) is 13.7. The molecule has 2 saturated heterocycles. The third kappa shape index (κ3) is 2.95. The lowest BCUT2D eigenvalue weighted by Gasteiger charge is -2.47. The molecular formula is C18H29N3. The smallest absolute Gasteiger partial charge is 0.0414 e. The number of nitrogens with one attached hydrogen (secondary N) is 1. The Morgan fingerprint density at radius 2 is 2.00 bits per heavy atom. The molecular weight excluding hydrogens is 258 g/mol. The highest BCUT2D eigenvalue weighted by Gasteiger charge is 2.34. The molecule has 1 N–H and O–H groups in total. The molecule has 0 amide bonds. The van der Waals surface area contributed by atoms with Crippen LogP contribution < -0.4 is 10.2 Å². The van der Waals surface area contributed by atoms with Crippen LogP contribution in [0.4, 0.5) is 5.69 Å². The highest BCUT2D eigenvalue weighted by atomic mass is 15.2. The minimum absolute atomic E-state index is 0.410. The monoisotopic (exact) mass is 287 g/mol. The van der Waals surface area contributed by atoms with Gasteiger partial charge in [0.1, 0.15) is 0 Å². The van der Waals surface area contributed by atoms with Gasteiger partial charge in [0.25, 0.3) is 0 Å². The Kier molecular flexibility index (Phi) is 4.51. The number of fused-ring (bicyclic) bond motifs is 1. The summed E-state index contributed by atoms with van der Waals surface area (Å²) < 4.78 is 0. The molecule has 0 radical (unpaired) electrons. The van der Waals surface area contributed by atoms with Crippen LogP contribution in [0.1, 0.15) is 37.8 Å². The molecule has 0 spiro atoms. The summed E-state index contributed by atoms with van der Waals surface area (Å²) in [7, 11) is 4.35. The fraction of sp³-hybridized carbons (Fsp3) is 0.667. The van der Waals surface area contributed by atoms with E-state index in [0.29, 0.717) is 6.04 Å². The van der Waals surface area contributed by atoms with E-state index in [1.54, 1.807) is 0 Å². The maximum atomic E-state index is 3.39. The summed E-state index contributed by atoms with van der Waals surface area (Å²) in [5.74, 6) is 0.843. The van der Waals surface area contributed by atoms with Crippen LogP contribution in [0, 0.1) is 5.92 Å². The third-order valence-corrected chi connectivity index (χ3v) is 5.52. The molecule has 0 aliphatic carbocycles. The normalized spacial score (nSPS) is 28.2. The first kappa shape index (κ1) is 14.9. The van der Waals surface area contributed by atoms with Gasteiger partial charge in [-0.2, -0.15) is 0 Å². The van der Waals surface area contributed by atoms with Gasteiger partial charge in [0, 0.05) is 30.9 Å². The number of hydrogen-bond acceptors (Lipinski definition) is 3. The molecule has 3 nitrogen and oxygen atoms in total. The zero-order chi connectivity index (χ0) is 14.8. The molecule has 1 aromatic rings. The van der Waals surface area contributed by atoms with Crippen molar-refractivity contribution in [1.29, 1.82) is 0 Å². The van der Waals surface area contributed by atoms with Crippen molar-refractivity contribution in [1.82, 2.24) is 10.2 Å². The van der Waals surface area contributed by atoms with Gasteiger partial charge >= 0.3 is 0 Å². The summed E-state index contributed by atoms with van der Waals surface area (Å²) in [6.07, 6.45) is 4.07. The lowest BCUT2D eigenvalue weighted by Crippen LogP contribution is -2.53. The zero-order valence-corrected chi connectivity index (χ0v) is 13.7. The van der Waals surface area contributed by atoms with Crippen LogP contribution in [0.5, 0.6) is 0 Å². The van der Waals surface area contributed by atoms with Crippen molar-refractivity contribution >= 4 is 5.69 Å². The summed E-state index contributed by atoms with van der Waals surface area (Å²) in [5.41, 5.74) is 2.87. The number of piperidine rings is 2. The van der Waals surface area contributed by atoms with Gasteiger partial charge in [-0.05, 0) is 64.4 Å². The first-order valence-electron chi connectivity index (χ1n) is 8.42. The summed E-state index contributed by atoms with van der Waals surface area (Å²) in [6.45, 7) is 5.95. The molecule has 3 rings (SSSR count). The fourth-order valence-electron chi connectivity index (χ4n) is 4.17. The molecule has 0 saturated carbocycles. The topological polar surface area (TPSA) is 18.5 Å². The van der Waals surface area contributed by atoms with Crippen molar-refractivity contribution in [2.45, 2.75) is 38.3 Å². The molecule has 0 bridgehead atoms. The Balaban J connectivity index is 1.79. The van der Waals surface area contributed by atoms with Crippen molar-refractivity contribution in [3.05, 3.63) is 29.8 Å². The number of anilines is 1. The Morgan fingerprint density at radius 3 is 2.81 bits per heavy atom. The summed E-state index contributed by atoms with van der Waals surface area (Å²) in [6, 6.07) is 10.1. The summed E-state index contributed by atoms with van der Waals surface area (Å²) in [5, 5.41) is 3.39. The second kappa shape index (κ2) is 6.37. The Hall–Kier alpha value is -1.06. The van der Waals surface area contributed by atoms with Crippen molar-refractivity contribution < 1.29 is 0 Å². The first-order chi connectivity index (χ1) is 10.2. The van der Waals surface area contributed by atoms with Crippen LogP contribution in [-0.4, -0.2) is 44.7 Å². The molecule has 3 atom stereocenters. The van der Waals surface area contributed by atoms with Gasteiger partial charge in [-0.1, -0.05) is 18.2 Å². The predicted molar refractivity (Wildman–Crippen MR) is 89.9 cm³/mol. The van der Waals surface area contributed by atoms with Crippen molar-refractivity contribution in [2.75, 3.05) is 38.6 Å². The molecule has 3 unspecified atom stereocenters. The van der Waals surface area contributed by atoms with Crippen LogP contribution in [0.2, 0.25) is 0 Å². The molecule has 2 aliphatic rings. The SMILES string of the molecule is CNC(C)c1ccccc1N1CCC2C(CCCN2C)C1. The van der Waals surface area contributed by atoms with E-state index in [1.807, 2.05) is 7.05 Å². The van der Waals surface area contributed by atoms with Gasteiger partial charge in [-0.25, -0.2) is 0 Å². The van der Waals surface area contributed by atoms with E-state index in [-0.39, 0.29) is 0 Å². The highest BCUT2D eigenvalue weighted by Crippen LogP contribution is 2.34. The van der Waals surface area contributed by atoms with E-state index in [0.717, 1.165) is 12.0 Å². The van der Waals surface area contributed by atoms with Crippen LogP contribution in [-0.2, 0) is 0 Å². The maximum Gasteiger partial charge on any atom is 0.0414 e. The van der Waals surface area contributed by atoms with Crippen molar-refractivity contribution in [2.24, 2.45) is 5.92 Å². The van der Waals surface area contributed by atoms with Gasteiger partial charge in [-0.3, -0.25) is 0 Å². The van der Waals surface area contributed by atoms with Gasteiger partial charge in [-0.15, -0.1) is 0 Å². The summed E-state index contributed by atoms with van der Waals surface area (Å²) in [4.78, 5) is 5.22. The third-order valence-electron chi connectivity index (χ3n) is 5.52. The minimum atomic E-state index is 0.410. The quantitative estimate of drug-likeness (QED) is 0.922. The fourth-order valence-corrected chi connectivity index (χ4v) is 4.17. The van der Waals surface area contributed by atoms with Crippen molar-refractivity contribution in [3.8, 4) is 0 Å². The molecule has 0 aromatic heterocycles. The lowest BCUT2D eigenvalue weighted by molar-refractivity contribution is 0.102. The molecule has 3 heteroatoms. The van der Waals surface area contributed by atoms with Crippen LogP contribution in [0.3, 0.4) is 0 Å². The molecule has 2 heterocycles. The van der Waals surface area contributed by atoms with E-state index in [1.165, 1.54) is 50.1 Å². The molecule has 21 heavy (non-hydrogen) atoms. The second-order valence-electron chi connectivity index (χ2n) is 6.75. The van der Waals surface area contributed by atoms with E-state index in [2.05, 4.69) is 53.4 Å². The molecule has 2 aliphatic heterocycles. The number of benzene rings is 1. The number of rotatable bonds is 3. The van der Waals surface area contributed by atoms with Crippen LogP contribution in [0.25, 0.3) is 0 Å². The van der Waals surface area contributed by atoms with E-state index in [4.69, 9.17) is 0 Å². The second-order valence-corrected chi connectivity index (χ2v) is 6.75. The van der Waals surface area contributed by atoms with Crippen LogP contribution in [0.15, 0.2) is 24.3 Å².